The minimum Gasteiger partial charge on any atom is -0.311 e. The van der Waals surface area contributed by atoms with Crippen LogP contribution in [0.3, 0.4) is 0 Å². The highest BCUT2D eigenvalue weighted by Gasteiger charge is 2.26. The van der Waals surface area contributed by atoms with Crippen LogP contribution in [0.2, 0.25) is 0 Å². The molecule has 0 aliphatic heterocycles. The summed E-state index contributed by atoms with van der Waals surface area (Å²) in [6.45, 7) is 0. The molecular formula is C74H67N7O7. The summed E-state index contributed by atoms with van der Waals surface area (Å²) in [5.74, 6) is -1.73. The third-order valence-electron chi connectivity index (χ3n) is 14.6. The molecule has 10 aromatic carbocycles. The van der Waals surface area contributed by atoms with Crippen LogP contribution >= 0.6 is 0 Å². The van der Waals surface area contributed by atoms with Crippen molar-refractivity contribution in [1.29, 1.82) is 0 Å². The quantitative estimate of drug-likeness (QED) is 0.105. The lowest BCUT2D eigenvalue weighted by atomic mass is 10.0. The average Bonchev–Trinajstić information content (AvgIpc) is 3.77. The van der Waals surface area contributed by atoms with Crippen molar-refractivity contribution in [1.82, 2.24) is 0 Å². The molecule has 0 spiro atoms. The molecule has 0 aliphatic rings. The topological polar surface area (TPSA) is 142 Å². The summed E-state index contributed by atoms with van der Waals surface area (Å²) < 4.78 is 0. The zero-order valence-corrected chi connectivity index (χ0v) is 50.0. The number of hydrogen-bond donors (Lipinski definition) is 0. The molecule has 0 aromatic heterocycles. The number of para-hydroxylation sites is 7. The Morgan fingerprint density at radius 2 is 0.341 bits per heavy atom. The maximum Gasteiger partial charge on any atom is 0.258 e. The molecule has 0 atom stereocenters. The lowest BCUT2D eigenvalue weighted by Crippen LogP contribution is -2.32. The first kappa shape index (κ1) is 62.5. The second kappa shape index (κ2) is 29.8. The summed E-state index contributed by atoms with van der Waals surface area (Å²) in [6, 6.07) is 83.6. The fourth-order valence-electron chi connectivity index (χ4n) is 9.35. The van der Waals surface area contributed by atoms with E-state index in [1.54, 1.807) is 136 Å². The van der Waals surface area contributed by atoms with Crippen LogP contribution in [0.1, 0.15) is 72.5 Å². The molecule has 0 bridgehead atoms. The molecule has 14 heteroatoms. The molecule has 0 radical (unpaired) electrons. The number of carbonyl (C=O) groups excluding carboxylic acids is 7. The average molecular weight is 1170 g/mol. The van der Waals surface area contributed by atoms with Crippen molar-refractivity contribution in [3.8, 4) is 0 Å². The molecule has 0 saturated heterocycles. The van der Waals surface area contributed by atoms with Gasteiger partial charge in [-0.25, -0.2) is 0 Å². The van der Waals surface area contributed by atoms with Crippen LogP contribution in [-0.2, 0) is 0 Å². The van der Waals surface area contributed by atoms with E-state index >= 15 is 0 Å². The zero-order chi connectivity index (χ0) is 62.7. The van der Waals surface area contributed by atoms with Gasteiger partial charge in [-0.1, -0.05) is 146 Å². The molecule has 0 heterocycles. The Morgan fingerprint density at radius 3 is 0.545 bits per heavy atom. The summed E-state index contributed by atoms with van der Waals surface area (Å²) >= 11 is 0. The molecule has 88 heavy (non-hydrogen) atoms. The fraction of sp³-hybridized carbons (Fsp3) is 0.0946. The third kappa shape index (κ3) is 15.4. The van der Waals surface area contributed by atoms with Crippen molar-refractivity contribution in [3.63, 3.8) is 0 Å². The minimum absolute atomic E-state index is 0.159. The van der Waals surface area contributed by atoms with Gasteiger partial charge in [-0.3, -0.25) is 33.6 Å². The van der Waals surface area contributed by atoms with Crippen molar-refractivity contribution >= 4 is 81.2 Å². The first-order chi connectivity index (χ1) is 42.5. The van der Waals surface area contributed by atoms with E-state index in [4.69, 9.17) is 0 Å². The molecular weight excluding hydrogens is 1100 g/mol. The first-order valence-corrected chi connectivity index (χ1v) is 28.2. The molecule has 0 N–H and O–H groups in total. The molecule has 0 unspecified atom stereocenters. The first-order valence-electron chi connectivity index (χ1n) is 28.2. The van der Waals surface area contributed by atoms with E-state index in [-0.39, 0.29) is 58.0 Å². The van der Waals surface area contributed by atoms with Crippen LogP contribution in [0.5, 0.6) is 0 Å². The maximum atomic E-state index is 13.5. The Morgan fingerprint density at radius 1 is 0.182 bits per heavy atom. The number of hydrogen-bond acceptors (Lipinski definition) is 7. The van der Waals surface area contributed by atoms with Gasteiger partial charge in [-0.05, 0) is 133 Å². The van der Waals surface area contributed by atoms with Gasteiger partial charge < -0.3 is 34.3 Å². The van der Waals surface area contributed by atoms with Gasteiger partial charge >= 0.3 is 0 Å². The number of amides is 7. The highest BCUT2D eigenvalue weighted by molar-refractivity contribution is 6.17. The molecule has 14 nitrogen and oxygen atoms in total. The smallest absolute Gasteiger partial charge is 0.258 e. The van der Waals surface area contributed by atoms with Gasteiger partial charge in [0.1, 0.15) is 0 Å². The van der Waals surface area contributed by atoms with E-state index in [1.807, 2.05) is 212 Å². The monoisotopic (exact) mass is 1170 g/mol. The Labute approximate surface area is 514 Å². The Hall–Kier alpha value is -11.5. The van der Waals surface area contributed by atoms with Crippen LogP contribution in [0.15, 0.2) is 279 Å². The second-order valence-corrected chi connectivity index (χ2v) is 20.3. The van der Waals surface area contributed by atoms with Crippen LogP contribution in [-0.4, -0.2) is 90.7 Å². The van der Waals surface area contributed by atoms with Gasteiger partial charge in [0.2, 0.25) is 0 Å². The van der Waals surface area contributed by atoms with Gasteiger partial charge in [-0.15, -0.1) is 0 Å². The molecule has 0 saturated carbocycles. The summed E-state index contributed by atoms with van der Waals surface area (Å²) in [4.78, 5) is 103. The number of anilines is 7. The second-order valence-electron chi connectivity index (χ2n) is 20.3. The lowest BCUT2D eigenvalue weighted by molar-refractivity contribution is 0.0960. The number of benzene rings is 10. The van der Waals surface area contributed by atoms with Crippen molar-refractivity contribution in [2.45, 2.75) is 0 Å². The van der Waals surface area contributed by atoms with E-state index in [0.717, 1.165) is 22.7 Å². The van der Waals surface area contributed by atoms with Crippen LogP contribution < -0.4 is 34.3 Å². The number of rotatable bonds is 14. The van der Waals surface area contributed by atoms with Crippen LogP contribution in [0, 0.1) is 0 Å². The van der Waals surface area contributed by atoms with Crippen molar-refractivity contribution in [3.05, 3.63) is 318 Å². The Balaban J connectivity index is 0.000000175. The number of nitrogens with zero attached hydrogens (tertiary/aromatic N) is 7. The van der Waals surface area contributed by atoms with Gasteiger partial charge in [-0.2, -0.15) is 0 Å². The summed E-state index contributed by atoms with van der Waals surface area (Å²) in [5, 5.41) is 0. The summed E-state index contributed by atoms with van der Waals surface area (Å²) in [5.41, 5.74) is 7.72. The molecule has 7 amide bonds. The minimum atomic E-state index is -0.324. The van der Waals surface area contributed by atoms with E-state index < -0.39 is 0 Å². The highest BCUT2D eigenvalue weighted by Crippen LogP contribution is 2.26. The lowest BCUT2D eigenvalue weighted by Gasteiger charge is -2.22. The van der Waals surface area contributed by atoms with Gasteiger partial charge in [0, 0.05) is 117 Å². The van der Waals surface area contributed by atoms with E-state index in [2.05, 4.69) is 0 Å². The van der Waals surface area contributed by atoms with Crippen LogP contribution in [0.25, 0.3) is 0 Å². The Kier molecular flexibility index (Phi) is 21.2. The van der Waals surface area contributed by atoms with Gasteiger partial charge in [0.25, 0.3) is 41.4 Å². The van der Waals surface area contributed by atoms with Crippen molar-refractivity contribution in [2.75, 3.05) is 83.6 Å². The summed E-state index contributed by atoms with van der Waals surface area (Å²) in [7, 11) is 11.9. The predicted octanol–water partition coefficient (Wildman–Crippen LogP) is 14.0. The molecule has 10 aromatic rings. The van der Waals surface area contributed by atoms with Gasteiger partial charge in [0.15, 0.2) is 0 Å². The molecule has 10 rings (SSSR count). The Bertz CT molecular complexity index is 3680. The van der Waals surface area contributed by atoms with Gasteiger partial charge in [0.05, 0.1) is 11.1 Å². The molecule has 0 aliphatic carbocycles. The molecule has 440 valence electrons. The largest absolute Gasteiger partial charge is 0.311 e. The van der Waals surface area contributed by atoms with Crippen molar-refractivity contribution in [2.24, 2.45) is 0 Å². The van der Waals surface area contributed by atoms with E-state index in [0.29, 0.717) is 39.3 Å². The summed E-state index contributed by atoms with van der Waals surface area (Å²) in [6.07, 6.45) is 0. The SMILES string of the molecule is CN(C(=O)c1cc(C(=O)N(C)c2ccccc2)cc(C(=O)N(C)c2ccccc2)c1)c1ccccc1.CN(C(=O)c1cccc(C(=O)N(C)c2ccccc2)c1)c1ccccc1.CN(C(=O)c1ccccc1C(=O)N(C)c1ccccc1)c1ccccc1. The fourth-order valence-corrected chi connectivity index (χ4v) is 9.35. The zero-order valence-electron chi connectivity index (χ0n) is 50.0. The highest BCUT2D eigenvalue weighted by atomic mass is 16.2. The van der Waals surface area contributed by atoms with Crippen LogP contribution in [0.4, 0.5) is 39.8 Å². The molecule has 0 fully saturated rings. The normalized spacial score (nSPS) is 10.3. The van der Waals surface area contributed by atoms with E-state index in [1.165, 1.54) is 14.7 Å². The predicted molar refractivity (Wildman–Crippen MR) is 354 cm³/mol. The maximum absolute atomic E-state index is 13.5. The standard InChI is InChI=1S/C30H27N3O3.2C22H20N2O2/c1-31(25-13-7-4-8-14-25)28(34)22-19-23(29(35)32(2)26-15-9-5-10-16-26)21-24(20-22)30(36)33(3)27-17-11-6-12-18-27;1-23(19-12-5-3-6-13-19)21(25)17-10-9-11-18(16-17)22(26)24(2)20-14-7-4-8-15-20;1-23(17-11-5-3-6-12-17)21(25)19-15-9-10-16-20(19)22(26)24(2)18-13-7-4-8-14-18/h4-21H,1-3H3;2*3-16H,1-2H3. The van der Waals surface area contributed by atoms with E-state index in [9.17, 15) is 33.6 Å². The third-order valence-corrected chi connectivity index (χ3v) is 14.6. The van der Waals surface area contributed by atoms with Crippen molar-refractivity contribution < 1.29 is 33.6 Å². The number of carbonyl (C=O) groups is 7.